The van der Waals surface area contributed by atoms with E-state index in [1.807, 2.05) is 0 Å². The van der Waals surface area contributed by atoms with Gasteiger partial charge >= 0.3 is 0 Å². The fourth-order valence-corrected chi connectivity index (χ4v) is 0. The van der Waals surface area contributed by atoms with E-state index >= 15 is 0 Å². The van der Waals surface area contributed by atoms with Gasteiger partial charge in [-0.1, -0.05) is 0 Å². The Morgan fingerprint density at radius 2 is 1.00 bits per heavy atom. The first-order chi connectivity index (χ1) is 0. The molecule has 0 saturated carbocycles. The van der Waals surface area contributed by atoms with E-state index < -0.39 is 0 Å². The molecule has 0 saturated heterocycles. The molecule has 0 aliphatic carbocycles. The Bertz CT molecular complexity index is 11.6. The minimum Gasteiger partial charge on any atom is 0 e. The van der Waals surface area contributed by atoms with Crippen molar-refractivity contribution in [1.29, 1.82) is 0 Å². The summed E-state index contributed by atoms with van der Waals surface area (Å²) in [5.74, 6) is 0. The molecule has 5 heteroatoms. The van der Waals surface area contributed by atoms with Crippen LogP contribution in [0, 0.1) is 0 Å². The van der Waals surface area contributed by atoms with Crippen molar-refractivity contribution in [3.8, 4) is 0 Å². The predicted molar refractivity (Wildman–Crippen MR) is 28.8 cm³/mol. The van der Waals surface area contributed by atoms with Crippen molar-refractivity contribution in [2.75, 3.05) is 0 Å². The molecule has 0 fully saturated rings. The molecule has 0 unspecified atom stereocenters. The molecule has 23 valence electrons. The van der Waals surface area contributed by atoms with E-state index in [2.05, 4.69) is 0 Å². The van der Waals surface area contributed by atoms with Gasteiger partial charge in [0.05, 0.1) is 0 Å². The van der Waals surface area contributed by atoms with Gasteiger partial charge in [-0.2, -0.15) is 0 Å². The fourth-order valence-electron chi connectivity index (χ4n) is 0. The SMILES string of the molecule is [As].[Bi].[Pb].[Sb].[Sn]. The van der Waals surface area contributed by atoms with Crippen molar-refractivity contribution in [1.82, 2.24) is 0 Å². The Morgan fingerprint density at radius 1 is 1.00 bits per heavy atom. The summed E-state index contributed by atoms with van der Waals surface area (Å²) >= 11 is 0. The van der Waals surface area contributed by atoms with E-state index in [1.54, 1.807) is 0 Å². The molecule has 0 aliphatic heterocycles. The van der Waals surface area contributed by atoms with E-state index in [9.17, 15) is 0 Å². The molecule has 0 rings (SSSR count). The van der Waals surface area contributed by atoms with Gasteiger partial charge in [0.2, 0.25) is 0 Å². The van der Waals surface area contributed by atoms with Crippen LogP contribution in [0.5, 0.6) is 0 Å². The smallest absolute Gasteiger partial charge is 0 e. The summed E-state index contributed by atoms with van der Waals surface area (Å²) in [6.45, 7) is 0. The van der Waals surface area contributed by atoms with Crippen LogP contribution in [-0.2, 0) is 0 Å². The topological polar surface area (TPSA) is 0 Å². The van der Waals surface area contributed by atoms with Gasteiger partial charge in [0.15, 0.2) is 0 Å². The van der Waals surface area contributed by atoms with Gasteiger partial charge in [-0.25, -0.2) is 0 Å². The zero-order valence-corrected chi connectivity index (χ0v) is 17.0. The second kappa shape index (κ2) is 24.5. The normalized spacial score (nSPS) is 0. The molecule has 0 bridgehead atoms. The van der Waals surface area contributed by atoms with Crippen LogP contribution in [0.4, 0.5) is 0 Å². The van der Waals surface area contributed by atoms with E-state index in [1.165, 1.54) is 0 Å². The van der Waals surface area contributed by atoms with Crippen molar-refractivity contribution in [3.05, 3.63) is 0 Å². The van der Waals surface area contributed by atoms with Gasteiger partial charge in [-0.05, 0) is 0 Å². The summed E-state index contributed by atoms with van der Waals surface area (Å²) in [6.07, 6.45) is 0. The zero-order valence-electron chi connectivity index (χ0n) is 2.34. The van der Waals surface area contributed by atoms with Crippen molar-refractivity contribution < 1.29 is 0 Å². The molecule has 0 aromatic carbocycles. The van der Waals surface area contributed by atoms with Crippen LogP contribution < -0.4 is 0 Å². The second-order valence-electron chi connectivity index (χ2n) is 0. The number of hydrogen-bond donors (Lipinski definition) is 0. The molecule has 0 atom stereocenters. The largest absolute Gasteiger partial charge is 0 e. The van der Waals surface area contributed by atoms with Crippen LogP contribution in [0.3, 0.4) is 0 Å². The van der Waals surface area contributed by atoms with E-state index in [0.717, 1.165) is 0 Å². The molecule has 17 radical (unpaired) electrons. The summed E-state index contributed by atoms with van der Waals surface area (Å²) < 4.78 is 0. The molecule has 0 aromatic rings. The fraction of sp³-hybridized carbons (Fsp3) is 0. The van der Waals surface area contributed by atoms with Crippen LogP contribution in [-0.4, -0.2) is 120 Å². The van der Waals surface area contributed by atoms with Crippen molar-refractivity contribution in [3.63, 3.8) is 0 Å². The summed E-state index contributed by atoms with van der Waals surface area (Å²) in [6, 6.07) is 0. The van der Waals surface area contributed by atoms with Crippen LogP contribution in [0.1, 0.15) is 0 Å². The Hall–Kier alpha value is 3.98. The monoisotopic (exact) mass is 733 g/mol. The predicted octanol–water partition coefficient (Wildman–Crippen LogP) is -1.90. The molecule has 0 N–H and O–H groups in total. The standard InChI is InChI=1S/As.Bi.Pb.Sb.Sn. The maximum Gasteiger partial charge on any atom is 0 e. The number of hydrogen-bond acceptors (Lipinski definition) is 0. The average Bonchev–Trinajstić information content (AvgIpc) is 0. The maximum absolute atomic E-state index is 0. The van der Waals surface area contributed by atoms with Gasteiger partial charge in [0.25, 0.3) is 0 Å². The van der Waals surface area contributed by atoms with Crippen LogP contribution in [0.15, 0.2) is 0 Å². The summed E-state index contributed by atoms with van der Waals surface area (Å²) in [5, 5.41) is 0. The van der Waals surface area contributed by atoms with Crippen molar-refractivity contribution in [2.24, 2.45) is 0 Å². The molecule has 0 nitrogen and oxygen atoms in total. The Kier molecular flexibility index (Phi) is 177. The molecule has 0 spiro atoms. The molecule has 0 heterocycles. The maximum atomic E-state index is 0. The zero-order chi connectivity index (χ0) is 0. The van der Waals surface area contributed by atoms with E-state index in [-0.39, 0.29) is 120 Å². The van der Waals surface area contributed by atoms with Crippen molar-refractivity contribution >= 4 is 120 Å². The van der Waals surface area contributed by atoms with Crippen LogP contribution in [0.25, 0.3) is 0 Å². The third-order valence-electron chi connectivity index (χ3n) is 0. The van der Waals surface area contributed by atoms with Crippen LogP contribution >= 0.6 is 0 Å². The van der Waals surface area contributed by atoms with E-state index in [4.69, 9.17) is 0 Å². The minimum absolute atomic E-state index is 0. The second-order valence-corrected chi connectivity index (χ2v) is 0. The average molecular weight is 732 g/mol. The number of rotatable bonds is 0. The van der Waals surface area contributed by atoms with Gasteiger partial charge in [-0.15, -0.1) is 0 Å². The van der Waals surface area contributed by atoms with Gasteiger partial charge in [0.1, 0.15) is 0 Å². The molecule has 0 aromatic heterocycles. The van der Waals surface area contributed by atoms with Crippen LogP contribution in [0.2, 0.25) is 0 Å². The van der Waals surface area contributed by atoms with Gasteiger partial charge < -0.3 is 0 Å². The first-order valence-corrected chi connectivity index (χ1v) is 0. The first kappa shape index (κ1) is 36.1. The van der Waals surface area contributed by atoms with Gasteiger partial charge in [0, 0.05) is 120 Å². The van der Waals surface area contributed by atoms with Crippen molar-refractivity contribution in [2.45, 2.75) is 0 Å². The summed E-state index contributed by atoms with van der Waals surface area (Å²) in [7, 11) is 0. The Morgan fingerprint density at radius 3 is 1.00 bits per heavy atom. The first-order valence-electron chi connectivity index (χ1n) is 0. The minimum atomic E-state index is 0. The van der Waals surface area contributed by atoms with Gasteiger partial charge in [-0.3, -0.25) is 0 Å². The summed E-state index contributed by atoms with van der Waals surface area (Å²) in [5.41, 5.74) is 0. The third-order valence-corrected chi connectivity index (χ3v) is 0. The Balaban J connectivity index is 0. The third kappa shape index (κ3) is 18.0. The molecular weight excluding hydrogens is 732 g/mol. The molecule has 0 amide bonds. The molecular formula is AsBiPbSbSn. The molecule has 5 heavy (non-hydrogen) atoms. The Labute approximate surface area is 117 Å². The quantitative estimate of drug-likeness (QED) is 0.256. The van der Waals surface area contributed by atoms with E-state index in [0.29, 0.717) is 0 Å². The molecule has 0 aliphatic rings. The summed E-state index contributed by atoms with van der Waals surface area (Å²) in [4.78, 5) is 0.